The van der Waals surface area contributed by atoms with E-state index in [-0.39, 0.29) is 0 Å². The second-order valence-corrected chi connectivity index (χ2v) is 9.97. The van der Waals surface area contributed by atoms with Crippen LogP contribution < -0.4 is 0 Å². The molecule has 0 saturated carbocycles. The number of hydrogen-bond donors (Lipinski definition) is 1. The number of rotatable bonds is 4. The van der Waals surface area contributed by atoms with Crippen molar-refractivity contribution in [2.45, 2.75) is 0 Å². The van der Waals surface area contributed by atoms with E-state index >= 15 is 0 Å². The van der Waals surface area contributed by atoms with Crippen LogP contribution in [0.2, 0.25) is 0 Å². The molecule has 0 aliphatic rings. The Morgan fingerprint density at radius 1 is 0.950 bits per heavy atom. The van der Waals surface area contributed by atoms with Crippen LogP contribution in [0.5, 0.6) is 0 Å². The molecule has 0 saturated heterocycles. The molecule has 20 heavy (non-hydrogen) atoms. The molecule has 1 heterocycles. The van der Waals surface area contributed by atoms with Gasteiger partial charge >= 0.3 is 119 Å². The summed E-state index contributed by atoms with van der Waals surface area (Å²) in [5, 5.41) is 8.44. The summed E-state index contributed by atoms with van der Waals surface area (Å²) in [6.07, 6.45) is 0. The van der Waals surface area contributed by atoms with E-state index in [9.17, 15) is 4.89 Å². The molecule has 7 nitrogen and oxygen atoms in total. The molecule has 0 aliphatic heterocycles. The Balaban J connectivity index is 2.89. The van der Waals surface area contributed by atoms with E-state index in [1.807, 2.05) is 80.6 Å². The first-order valence-electron chi connectivity index (χ1n) is 6.36. The summed E-state index contributed by atoms with van der Waals surface area (Å²) in [4.78, 5) is 11.8. The molecular weight excluding hydrogens is 275 g/mol. The van der Waals surface area contributed by atoms with Gasteiger partial charge in [0.15, 0.2) is 0 Å². The Bertz CT molecular complexity index is 599. The van der Waals surface area contributed by atoms with Crippen LogP contribution in [0.3, 0.4) is 0 Å². The first kappa shape index (κ1) is 15.3. The molecule has 0 bridgehead atoms. The number of nitrogens with zero attached hydrogens (tertiary/aromatic N) is 6. The van der Waals surface area contributed by atoms with Crippen LogP contribution in [-0.2, 0) is 0 Å². The van der Waals surface area contributed by atoms with Crippen molar-refractivity contribution < 1.29 is 4.89 Å². The van der Waals surface area contributed by atoms with Gasteiger partial charge in [0.1, 0.15) is 0 Å². The van der Waals surface area contributed by atoms with Gasteiger partial charge in [-0.15, -0.1) is 0 Å². The molecule has 2 rings (SSSR count). The van der Waals surface area contributed by atoms with Crippen molar-refractivity contribution >= 4 is 18.5 Å². The van der Waals surface area contributed by atoms with Crippen LogP contribution in [0.4, 0.5) is 0 Å². The second kappa shape index (κ2) is 4.72. The first-order valence-corrected chi connectivity index (χ1v) is 8.36. The minimum absolute atomic E-state index is 0.765. The molecule has 2 aromatic rings. The van der Waals surface area contributed by atoms with Crippen LogP contribution in [0.1, 0.15) is 0 Å². The van der Waals surface area contributed by atoms with E-state index in [1.165, 1.54) is 0 Å². The average Bonchev–Trinajstić information content (AvgIpc) is 2.81. The molecule has 0 aliphatic carbocycles. The minimum atomic E-state index is -3.77. The summed E-state index contributed by atoms with van der Waals surface area (Å²) in [6.45, 7) is 0. The van der Waals surface area contributed by atoms with E-state index < -0.39 is 7.43 Å². The fraction of sp³-hybridized carbons (Fsp3) is 0.500. The maximum atomic E-state index is 11.8. The summed E-state index contributed by atoms with van der Waals surface area (Å²) in [5.41, 5.74) is 1.57. The maximum absolute atomic E-state index is 11.8. The number of benzene rings is 1. The monoisotopic (exact) mass is 298 g/mol. The van der Waals surface area contributed by atoms with E-state index in [0.717, 1.165) is 11.0 Å². The summed E-state index contributed by atoms with van der Waals surface area (Å²) >= 11 is 0. The van der Waals surface area contributed by atoms with Gasteiger partial charge in [-0.1, -0.05) is 0 Å². The Labute approximate surface area is 119 Å². The predicted molar refractivity (Wildman–Crippen MR) is 83.1 cm³/mol. The van der Waals surface area contributed by atoms with Gasteiger partial charge in [-0.25, -0.2) is 0 Å². The number of fused-ring (bicyclic) bond motifs is 1. The van der Waals surface area contributed by atoms with Crippen molar-refractivity contribution in [1.82, 2.24) is 28.8 Å². The van der Waals surface area contributed by atoms with Crippen molar-refractivity contribution in [3.8, 4) is 0 Å². The van der Waals surface area contributed by atoms with Gasteiger partial charge in [-0.2, -0.15) is 0 Å². The third kappa shape index (κ3) is 1.65. The van der Waals surface area contributed by atoms with Gasteiger partial charge in [-0.05, 0) is 0 Å². The van der Waals surface area contributed by atoms with Crippen LogP contribution in [-0.4, -0.2) is 76.0 Å². The molecular formula is C12H23N6OP. The molecule has 8 heteroatoms. The van der Waals surface area contributed by atoms with Gasteiger partial charge in [0.05, 0.1) is 0 Å². The third-order valence-electron chi connectivity index (χ3n) is 3.82. The fourth-order valence-corrected chi connectivity index (χ4v) is 6.60. The molecule has 112 valence electrons. The third-order valence-corrected chi connectivity index (χ3v) is 9.09. The Morgan fingerprint density at radius 3 is 1.95 bits per heavy atom. The van der Waals surface area contributed by atoms with Gasteiger partial charge in [0, 0.05) is 0 Å². The first-order chi connectivity index (χ1) is 9.24. The van der Waals surface area contributed by atoms with E-state index in [0.29, 0.717) is 0 Å². The summed E-state index contributed by atoms with van der Waals surface area (Å²) in [6, 6.07) is 7.64. The summed E-state index contributed by atoms with van der Waals surface area (Å²) in [5.74, 6) is 0. The van der Waals surface area contributed by atoms with Gasteiger partial charge in [0.25, 0.3) is 0 Å². The molecule has 1 aromatic carbocycles. The zero-order valence-electron chi connectivity index (χ0n) is 12.9. The van der Waals surface area contributed by atoms with Crippen molar-refractivity contribution in [3.05, 3.63) is 24.3 Å². The SMILES string of the molecule is CN(C)P(O)(N(C)C)(N(C)C)n1nnc2ccccc21. The van der Waals surface area contributed by atoms with Gasteiger partial charge < -0.3 is 0 Å². The van der Waals surface area contributed by atoms with Crippen molar-refractivity contribution in [3.63, 3.8) is 0 Å². The average molecular weight is 298 g/mol. The molecule has 0 unspecified atom stereocenters. The fourth-order valence-electron chi connectivity index (χ4n) is 2.70. The van der Waals surface area contributed by atoms with E-state index in [4.69, 9.17) is 0 Å². The number of hydrogen-bond acceptors (Lipinski definition) is 6. The normalized spacial score (nSPS) is 15.2. The Hall–Kier alpha value is -1.11. The summed E-state index contributed by atoms with van der Waals surface area (Å²) in [7, 11) is 7.36. The topological polar surface area (TPSA) is 60.7 Å². The number of aromatic nitrogens is 3. The van der Waals surface area contributed by atoms with E-state index in [2.05, 4.69) is 10.3 Å². The van der Waals surface area contributed by atoms with E-state index in [1.54, 1.807) is 4.45 Å². The zero-order chi connectivity index (χ0) is 15.2. The molecule has 0 atom stereocenters. The predicted octanol–water partition coefficient (Wildman–Crippen LogP) is 1.08. The molecule has 1 N–H and O–H groups in total. The van der Waals surface area contributed by atoms with Crippen LogP contribution >= 0.6 is 7.43 Å². The quantitative estimate of drug-likeness (QED) is 0.853. The standard InChI is InChI=1S/C12H23N6OP/c1-15(2)20(19,16(3)4,17(5)6)18-12-10-8-7-9-11(12)13-14-18/h7-10,19H,1-6H3. The molecule has 0 radical (unpaired) electrons. The van der Waals surface area contributed by atoms with Crippen molar-refractivity contribution in [2.75, 3.05) is 42.3 Å². The Morgan fingerprint density at radius 2 is 1.45 bits per heavy atom. The van der Waals surface area contributed by atoms with Gasteiger partial charge in [-0.3, -0.25) is 0 Å². The molecule has 0 spiro atoms. The summed E-state index contributed by atoms with van der Waals surface area (Å²) < 4.78 is 7.13. The number of para-hydroxylation sites is 1. The molecule has 1 aromatic heterocycles. The Kier molecular flexibility index (Phi) is 3.60. The van der Waals surface area contributed by atoms with Crippen molar-refractivity contribution in [1.29, 1.82) is 0 Å². The molecule has 0 fully saturated rings. The van der Waals surface area contributed by atoms with Crippen molar-refractivity contribution in [2.24, 2.45) is 0 Å². The van der Waals surface area contributed by atoms with Crippen LogP contribution in [0.15, 0.2) is 24.3 Å². The molecule has 0 amide bonds. The second-order valence-electron chi connectivity index (χ2n) is 5.40. The van der Waals surface area contributed by atoms with Crippen LogP contribution in [0.25, 0.3) is 11.0 Å². The van der Waals surface area contributed by atoms with Gasteiger partial charge in [0.2, 0.25) is 0 Å². The zero-order valence-corrected chi connectivity index (χ0v) is 13.8. The van der Waals surface area contributed by atoms with Crippen LogP contribution in [0, 0.1) is 0 Å².